The smallest absolute Gasteiger partial charge is 0.197 e. The van der Waals surface area contributed by atoms with E-state index >= 15 is 0 Å². The summed E-state index contributed by atoms with van der Waals surface area (Å²) in [5.74, 6) is 0. The van der Waals surface area contributed by atoms with Crippen LogP contribution >= 0.6 is 23.2 Å². The second kappa shape index (κ2) is 10.1. The fraction of sp³-hybridized carbons (Fsp3) is 0.0909. The fourth-order valence-electron chi connectivity index (χ4n) is 2.46. The predicted molar refractivity (Wildman–Crippen MR) is 104 cm³/mol. The van der Waals surface area contributed by atoms with Crippen molar-refractivity contribution in [3.8, 4) is 0 Å². The maximum atomic E-state index is 5.77. The molecule has 0 heterocycles. The molecule has 3 heteroatoms. The number of halogens is 2. The van der Waals surface area contributed by atoms with Crippen molar-refractivity contribution in [2.24, 2.45) is 0 Å². The zero-order valence-corrected chi connectivity index (χ0v) is 17.6. The van der Waals surface area contributed by atoms with Gasteiger partial charge in [0, 0.05) is 10.0 Å². The summed E-state index contributed by atoms with van der Waals surface area (Å²) in [7, 11) is 0. The Hall–Kier alpha value is -1.14. The molecule has 0 aromatic heterocycles. The Morgan fingerprint density at radius 3 is 1.24 bits per heavy atom. The molecule has 0 bridgehead atoms. The minimum absolute atomic E-state index is 0. The molecule has 122 valence electrons. The molecule has 2 aliphatic rings. The molecule has 0 nitrogen and oxygen atoms in total. The zero-order chi connectivity index (χ0) is 16.8. The monoisotopic (exact) mass is 440 g/mol. The van der Waals surface area contributed by atoms with Gasteiger partial charge in [-0.15, -0.1) is 47.5 Å². The van der Waals surface area contributed by atoms with Crippen LogP contribution in [-0.4, -0.2) is 0 Å². The summed E-state index contributed by atoms with van der Waals surface area (Å²) in [4.78, 5) is 0. The maximum Gasteiger partial charge on any atom is 2.00 e. The Kier molecular flexibility index (Phi) is 8.17. The van der Waals surface area contributed by atoms with Crippen molar-refractivity contribution in [3.05, 3.63) is 106 Å². The van der Waals surface area contributed by atoms with Gasteiger partial charge in [-0.1, -0.05) is 60.3 Å². The zero-order valence-electron chi connectivity index (χ0n) is 13.6. The Morgan fingerprint density at radius 2 is 0.960 bits per heavy atom. The Balaban J connectivity index is 0.000000173. The first-order valence-electron chi connectivity index (χ1n) is 7.79. The molecule has 2 aromatic carbocycles. The summed E-state index contributed by atoms with van der Waals surface area (Å²) >= 11 is 11.5. The summed E-state index contributed by atoms with van der Waals surface area (Å²) < 4.78 is 0. The molecular formula is C22H16Cl2Zr. The Bertz CT molecular complexity index is 739. The van der Waals surface area contributed by atoms with E-state index in [1.165, 1.54) is 22.3 Å². The molecule has 0 unspecified atom stereocenters. The molecule has 0 saturated heterocycles. The van der Waals surface area contributed by atoms with Crippen molar-refractivity contribution in [1.29, 1.82) is 0 Å². The summed E-state index contributed by atoms with van der Waals surface area (Å²) in [6.07, 6.45) is 16.7. The normalized spacial score (nSPS) is 14.3. The van der Waals surface area contributed by atoms with E-state index in [4.69, 9.17) is 23.2 Å². The second-order valence-corrected chi connectivity index (χ2v) is 6.28. The van der Waals surface area contributed by atoms with Crippen molar-refractivity contribution in [1.82, 2.24) is 0 Å². The number of rotatable bonds is 2. The van der Waals surface area contributed by atoms with Crippen LogP contribution in [0.4, 0.5) is 0 Å². The Morgan fingerprint density at radius 1 is 0.600 bits per heavy atom. The third kappa shape index (κ3) is 5.96. The van der Waals surface area contributed by atoms with Gasteiger partial charge in [0.25, 0.3) is 0 Å². The van der Waals surface area contributed by atoms with Crippen LogP contribution in [0.1, 0.15) is 24.0 Å². The predicted octanol–water partition coefficient (Wildman–Crippen LogP) is 6.97. The van der Waals surface area contributed by atoms with Crippen LogP contribution in [0.2, 0.25) is 10.0 Å². The molecule has 0 atom stereocenters. The van der Waals surface area contributed by atoms with E-state index in [1.54, 1.807) is 0 Å². The average Bonchev–Trinajstić information content (AvgIpc) is 3.31. The van der Waals surface area contributed by atoms with Gasteiger partial charge in [0.2, 0.25) is 0 Å². The molecule has 4 rings (SSSR count). The molecular weight excluding hydrogens is 426 g/mol. The third-order valence-electron chi connectivity index (χ3n) is 3.70. The molecule has 0 fully saturated rings. The van der Waals surface area contributed by atoms with Crippen LogP contribution in [0, 0.1) is 12.2 Å². The van der Waals surface area contributed by atoms with E-state index in [2.05, 4.69) is 36.5 Å². The third-order valence-corrected chi connectivity index (χ3v) is 4.20. The summed E-state index contributed by atoms with van der Waals surface area (Å²) in [5, 5.41) is 1.56. The number of benzene rings is 2. The van der Waals surface area contributed by atoms with E-state index < -0.39 is 0 Å². The van der Waals surface area contributed by atoms with Crippen LogP contribution in [0.3, 0.4) is 0 Å². The molecule has 0 radical (unpaired) electrons. The van der Waals surface area contributed by atoms with Gasteiger partial charge in [-0.05, 0) is 0 Å². The van der Waals surface area contributed by atoms with Crippen molar-refractivity contribution in [3.63, 3.8) is 0 Å². The molecule has 2 aliphatic carbocycles. The first-order chi connectivity index (χ1) is 11.7. The SMILES string of the molecule is Clc1ccc(C2=[C-]CC=C2)cc1.Clc1ccc(C2=[C-]CC=C2)cc1.[Zr+2]. The van der Waals surface area contributed by atoms with Crippen LogP contribution in [0.15, 0.2) is 72.8 Å². The standard InChI is InChI=1S/2C11H8Cl.Zr/c2*12-11-7-5-10(6-8-11)9-3-1-2-4-9;/h2*1,3,5-8H,2H2;/q2*-1;+2. The van der Waals surface area contributed by atoms with Gasteiger partial charge in [-0.25, -0.2) is 0 Å². The summed E-state index contributed by atoms with van der Waals surface area (Å²) in [6, 6.07) is 15.7. The van der Waals surface area contributed by atoms with Crippen molar-refractivity contribution < 1.29 is 26.2 Å². The topological polar surface area (TPSA) is 0 Å². The average molecular weight is 443 g/mol. The van der Waals surface area contributed by atoms with E-state index in [9.17, 15) is 0 Å². The van der Waals surface area contributed by atoms with Crippen LogP contribution in [0.5, 0.6) is 0 Å². The first kappa shape index (κ1) is 20.2. The molecule has 0 saturated carbocycles. The van der Waals surface area contributed by atoms with Crippen molar-refractivity contribution in [2.45, 2.75) is 12.8 Å². The number of allylic oxidation sites excluding steroid dienone is 8. The van der Waals surface area contributed by atoms with E-state index in [-0.39, 0.29) is 26.2 Å². The minimum Gasteiger partial charge on any atom is -0.197 e. The first-order valence-corrected chi connectivity index (χ1v) is 8.54. The van der Waals surface area contributed by atoms with E-state index in [0.29, 0.717) is 0 Å². The molecule has 0 amide bonds. The van der Waals surface area contributed by atoms with Gasteiger partial charge in [0.05, 0.1) is 0 Å². The van der Waals surface area contributed by atoms with Crippen LogP contribution in [-0.2, 0) is 26.2 Å². The summed E-state index contributed by atoms with van der Waals surface area (Å²) in [6.45, 7) is 0. The van der Waals surface area contributed by atoms with Gasteiger partial charge in [-0.3, -0.25) is 0 Å². The minimum atomic E-state index is 0. The Labute approximate surface area is 178 Å². The van der Waals surface area contributed by atoms with Gasteiger partial charge in [-0.2, -0.15) is 35.5 Å². The molecule has 0 aliphatic heterocycles. The number of hydrogen-bond acceptors (Lipinski definition) is 0. The van der Waals surface area contributed by atoms with Crippen LogP contribution in [0.25, 0.3) is 11.1 Å². The van der Waals surface area contributed by atoms with E-state index in [0.717, 1.165) is 22.9 Å². The summed E-state index contributed by atoms with van der Waals surface area (Å²) in [5.41, 5.74) is 4.72. The molecule has 2 aromatic rings. The quantitative estimate of drug-likeness (QED) is 0.441. The van der Waals surface area contributed by atoms with Gasteiger partial charge in [0.15, 0.2) is 0 Å². The van der Waals surface area contributed by atoms with Gasteiger partial charge >= 0.3 is 26.2 Å². The fourth-order valence-corrected chi connectivity index (χ4v) is 2.72. The van der Waals surface area contributed by atoms with Crippen molar-refractivity contribution >= 4 is 34.3 Å². The maximum absolute atomic E-state index is 5.77. The molecule has 25 heavy (non-hydrogen) atoms. The molecule has 0 spiro atoms. The van der Waals surface area contributed by atoms with Crippen molar-refractivity contribution in [2.75, 3.05) is 0 Å². The number of hydrogen-bond donors (Lipinski definition) is 0. The van der Waals surface area contributed by atoms with Gasteiger partial charge < -0.3 is 0 Å². The second-order valence-electron chi connectivity index (χ2n) is 5.41. The molecule has 0 N–H and O–H groups in total. The van der Waals surface area contributed by atoms with Gasteiger partial charge in [0.1, 0.15) is 0 Å². The van der Waals surface area contributed by atoms with Crippen LogP contribution < -0.4 is 0 Å². The largest absolute Gasteiger partial charge is 2.00 e. The van der Waals surface area contributed by atoms with E-state index in [1.807, 2.05) is 48.5 Å².